The van der Waals surface area contributed by atoms with Gasteiger partial charge in [-0.05, 0) is 48.4 Å². The monoisotopic (exact) mass is 324 g/mol. The number of pyridine rings is 1. The van der Waals surface area contributed by atoms with Crippen LogP contribution in [0, 0.1) is 0 Å². The Morgan fingerprint density at radius 3 is 2.79 bits per heavy atom. The summed E-state index contributed by atoms with van der Waals surface area (Å²) in [6.45, 7) is 0.552. The second kappa shape index (κ2) is 7.04. The second-order valence-corrected chi connectivity index (χ2v) is 5.50. The van der Waals surface area contributed by atoms with Gasteiger partial charge < -0.3 is 19.9 Å². The lowest BCUT2D eigenvalue weighted by atomic mass is 10.1. The molecule has 2 aromatic heterocycles. The molecule has 6 nitrogen and oxygen atoms in total. The SMILES string of the molecule is COc1ccc(NC(=O)NCCc2cn(C)c3ncccc23)cc1. The van der Waals surface area contributed by atoms with E-state index in [0.717, 1.165) is 28.9 Å². The van der Waals surface area contributed by atoms with E-state index >= 15 is 0 Å². The van der Waals surface area contributed by atoms with Gasteiger partial charge in [-0.25, -0.2) is 9.78 Å². The van der Waals surface area contributed by atoms with Crippen molar-refractivity contribution in [3.63, 3.8) is 0 Å². The molecule has 0 radical (unpaired) electrons. The number of hydrogen-bond acceptors (Lipinski definition) is 3. The van der Waals surface area contributed by atoms with Crippen molar-refractivity contribution in [2.45, 2.75) is 6.42 Å². The highest BCUT2D eigenvalue weighted by Crippen LogP contribution is 2.18. The number of hydrogen-bond donors (Lipinski definition) is 2. The number of ether oxygens (including phenoxy) is 1. The number of anilines is 1. The lowest BCUT2D eigenvalue weighted by molar-refractivity contribution is 0.252. The van der Waals surface area contributed by atoms with Crippen molar-refractivity contribution in [3.8, 4) is 5.75 Å². The molecule has 6 heteroatoms. The van der Waals surface area contributed by atoms with E-state index in [-0.39, 0.29) is 6.03 Å². The molecule has 2 amide bonds. The molecule has 0 spiro atoms. The summed E-state index contributed by atoms with van der Waals surface area (Å²) >= 11 is 0. The molecule has 0 bridgehead atoms. The number of amides is 2. The van der Waals surface area contributed by atoms with Gasteiger partial charge >= 0.3 is 6.03 Å². The van der Waals surface area contributed by atoms with Crippen LogP contribution in [-0.2, 0) is 13.5 Å². The zero-order valence-electron chi connectivity index (χ0n) is 13.7. The first-order valence-corrected chi connectivity index (χ1v) is 7.75. The minimum atomic E-state index is -0.224. The number of nitrogens with zero attached hydrogens (tertiary/aromatic N) is 2. The van der Waals surface area contributed by atoms with Gasteiger partial charge in [0.2, 0.25) is 0 Å². The molecule has 2 heterocycles. The molecule has 0 atom stereocenters. The molecule has 0 unspecified atom stereocenters. The lowest BCUT2D eigenvalue weighted by Gasteiger charge is -2.08. The molecule has 0 aliphatic carbocycles. The molecule has 0 saturated heterocycles. The lowest BCUT2D eigenvalue weighted by Crippen LogP contribution is -2.30. The van der Waals surface area contributed by atoms with Gasteiger partial charge in [0, 0.05) is 37.1 Å². The summed E-state index contributed by atoms with van der Waals surface area (Å²) in [4.78, 5) is 16.3. The van der Waals surface area contributed by atoms with Crippen LogP contribution in [0.5, 0.6) is 5.75 Å². The van der Waals surface area contributed by atoms with Gasteiger partial charge in [0.1, 0.15) is 11.4 Å². The van der Waals surface area contributed by atoms with E-state index in [0.29, 0.717) is 6.54 Å². The van der Waals surface area contributed by atoms with E-state index in [1.165, 1.54) is 5.56 Å². The first-order chi connectivity index (χ1) is 11.7. The van der Waals surface area contributed by atoms with Gasteiger partial charge in [-0.15, -0.1) is 0 Å². The molecule has 0 aliphatic heterocycles. The molecule has 0 saturated carbocycles. The van der Waals surface area contributed by atoms with E-state index in [2.05, 4.69) is 27.9 Å². The van der Waals surface area contributed by atoms with Crippen LogP contribution < -0.4 is 15.4 Å². The average molecular weight is 324 g/mol. The molecule has 0 fully saturated rings. The summed E-state index contributed by atoms with van der Waals surface area (Å²) in [5, 5.41) is 6.79. The minimum absolute atomic E-state index is 0.224. The van der Waals surface area contributed by atoms with E-state index in [9.17, 15) is 4.79 Å². The number of rotatable bonds is 5. The molecule has 2 N–H and O–H groups in total. The number of methoxy groups -OCH3 is 1. The second-order valence-electron chi connectivity index (χ2n) is 5.50. The molecule has 3 aromatic rings. The number of aryl methyl sites for hydroxylation is 1. The van der Waals surface area contributed by atoms with Gasteiger partial charge in [-0.2, -0.15) is 0 Å². The van der Waals surface area contributed by atoms with Crippen LogP contribution in [0.4, 0.5) is 10.5 Å². The van der Waals surface area contributed by atoms with Gasteiger partial charge in [-0.3, -0.25) is 0 Å². The predicted molar refractivity (Wildman–Crippen MR) is 94.4 cm³/mol. The van der Waals surface area contributed by atoms with Crippen molar-refractivity contribution < 1.29 is 9.53 Å². The molecule has 124 valence electrons. The molecule has 1 aromatic carbocycles. The fourth-order valence-electron chi connectivity index (χ4n) is 2.65. The summed E-state index contributed by atoms with van der Waals surface area (Å²) in [5.74, 6) is 0.755. The van der Waals surface area contributed by atoms with Crippen LogP contribution in [0.2, 0.25) is 0 Å². The number of aromatic nitrogens is 2. The first kappa shape index (κ1) is 15.9. The summed E-state index contributed by atoms with van der Waals surface area (Å²) in [6.07, 6.45) is 4.59. The van der Waals surface area contributed by atoms with Gasteiger partial charge in [0.15, 0.2) is 0 Å². The largest absolute Gasteiger partial charge is 0.497 e. The average Bonchev–Trinajstić information content (AvgIpc) is 2.92. The topological polar surface area (TPSA) is 68.2 Å². The van der Waals surface area contributed by atoms with E-state index in [1.807, 2.05) is 17.7 Å². The van der Waals surface area contributed by atoms with Crippen LogP contribution in [-0.4, -0.2) is 29.2 Å². The number of fused-ring (bicyclic) bond motifs is 1. The number of urea groups is 1. The first-order valence-electron chi connectivity index (χ1n) is 7.75. The van der Waals surface area contributed by atoms with E-state index in [1.54, 1.807) is 37.6 Å². The Kier molecular flexibility index (Phi) is 4.65. The van der Waals surface area contributed by atoms with Crippen molar-refractivity contribution in [3.05, 3.63) is 54.4 Å². The molecular formula is C18H20N4O2. The van der Waals surface area contributed by atoms with Crippen molar-refractivity contribution in [2.24, 2.45) is 7.05 Å². The molecule has 0 aliphatic rings. The fraction of sp³-hybridized carbons (Fsp3) is 0.222. The minimum Gasteiger partial charge on any atom is -0.497 e. The number of nitrogens with one attached hydrogen (secondary N) is 2. The summed E-state index contributed by atoms with van der Waals surface area (Å²) in [5.41, 5.74) is 2.85. The normalized spacial score (nSPS) is 10.6. The van der Waals surface area contributed by atoms with Crippen LogP contribution >= 0.6 is 0 Å². The van der Waals surface area contributed by atoms with E-state index in [4.69, 9.17) is 4.74 Å². The Morgan fingerprint density at radius 1 is 1.25 bits per heavy atom. The van der Waals surface area contributed by atoms with Gasteiger partial charge in [0.25, 0.3) is 0 Å². The maximum absolute atomic E-state index is 12.0. The zero-order chi connectivity index (χ0) is 16.9. The Bertz CT molecular complexity index is 840. The summed E-state index contributed by atoms with van der Waals surface area (Å²) < 4.78 is 7.09. The molecule has 24 heavy (non-hydrogen) atoms. The highest BCUT2D eigenvalue weighted by molar-refractivity contribution is 5.89. The zero-order valence-corrected chi connectivity index (χ0v) is 13.7. The van der Waals surface area contributed by atoms with Crippen LogP contribution in [0.25, 0.3) is 11.0 Å². The van der Waals surface area contributed by atoms with Crippen molar-refractivity contribution in [2.75, 3.05) is 19.0 Å². The quantitative estimate of drug-likeness (QED) is 0.758. The highest BCUT2D eigenvalue weighted by atomic mass is 16.5. The Hall–Kier alpha value is -3.02. The maximum Gasteiger partial charge on any atom is 0.319 e. The molecule has 3 rings (SSSR count). The number of benzene rings is 1. The van der Waals surface area contributed by atoms with Crippen molar-refractivity contribution >= 4 is 22.8 Å². The standard InChI is InChI=1S/C18H20N4O2/c1-22-12-13(16-4-3-10-19-17(16)22)9-11-20-18(23)21-14-5-7-15(24-2)8-6-14/h3-8,10,12H,9,11H2,1-2H3,(H2,20,21,23). The highest BCUT2D eigenvalue weighted by Gasteiger charge is 2.07. The summed E-state index contributed by atoms with van der Waals surface area (Å²) in [7, 11) is 3.58. The van der Waals surface area contributed by atoms with Crippen molar-refractivity contribution in [1.29, 1.82) is 0 Å². The third-order valence-electron chi connectivity index (χ3n) is 3.84. The van der Waals surface area contributed by atoms with Crippen LogP contribution in [0.1, 0.15) is 5.56 Å². The predicted octanol–water partition coefficient (Wildman–Crippen LogP) is 2.95. The van der Waals surface area contributed by atoms with Crippen LogP contribution in [0.3, 0.4) is 0 Å². The molecular weight excluding hydrogens is 304 g/mol. The third-order valence-corrected chi connectivity index (χ3v) is 3.84. The summed E-state index contributed by atoms with van der Waals surface area (Å²) in [6, 6.07) is 11.0. The fourth-order valence-corrected chi connectivity index (χ4v) is 2.65. The van der Waals surface area contributed by atoms with Crippen LogP contribution in [0.15, 0.2) is 48.8 Å². The van der Waals surface area contributed by atoms with Gasteiger partial charge in [0.05, 0.1) is 7.11 Å². The number of carbonyl (C=O) groups excluding carboxylic acids is 1. The Labute approximate surface area is 140 Å². The smallest absolute Gasteiger partial charge is 0.319 e. The Morgan fingerprint density at radius 2 is 2.04 bits per heavy atom. The number of carbonyl (C=O) groups is 1. The third kappa shape index (κ3) is 3.48. The Balaban J connectivity index is 1.54. The van der Waals surface area contributed by atoms with Crippen molar-refractivity contribution in [1.82, 2.24) is 14.9 Å². The van der Waals surface area contributed by atoms with E-state index < -0.39 is 0 Å². The van der Waals surface area contributed by atoms with Gasteiger partial charge in [-0.1, -0.05) is 0 Å². The maximum atomic E-state index is 12.0.